The van der Waals surface area contributed by atoms with Gasteiger partial charge in [0.25, 0.3) is 0 Å². The maximum Gasteiger partial charge on any atom is 0.134 e. The molecule has 3 nitrogen and oxygen atoms in total. The van der Waals surface area contributed by atoms with Gasteiger partial charge in [0.2, 0.25) is 0 Å². The zero-order chi connectivity index (χ0) is 15.9. The van der Waals surface area contributed by atoms with Gasteiger partial charge >= 0.3 is 0 Å². The zero-order valence-electron chi connectivity index (χ0n) is 13.8. The second kappa shape index (κ2) is 8.07. The largest absolute Gasteiger partial charge is 0.492 e. The lowest BCUT2D eigenvalue weighted by Gasteiger charge is -2.20. The van der Waals surface area contributed by atoms with E-state index in [1.54, 1.807) is 13.8 Å². The third-order valence-corrected chi connectivity index (χ3v) is 3.18. The molecule has 1 aromatic carbocycles. The van der Waals surface area contributed by atoms with Crippen molar-refractivity contribution in [2.75, 3.05) is 20.2 Å². The molecule has 0 spiro atoms. The van der Waals surface area contributed by atoms with Crippen LogP contribution in [-0.2, 0) is 0 Å². The highest BCUT2D eigenvalue weighted by Crippen LogP contribution is 2.17. The molecular formula is C18H27NO2. The summed E-state index contributed by atoms with van der Waals surface area (Å²) in [5, 5.41) is 9.68. The van der Waals surface area contributed by atoms with Gasteiger partial charge in [0.05, 0.1) is 12.2 Å². The van der Waals surface area contributed by atoms with Crippen LogP contribution in [0, 0.1) is 11.8 Å². The van der Waals surface area contributed by atoms with Crippen molar-refractivity contribution in [1.29, 1.82) is 0 Å². The predicted octanol–water partition coefficient (Wildman–Crippen LogP) is 2.92. The Labute approximate surface area is 128 Å². The molecule has 116 valence electrons. The van der Waals surface area contributed by atoms with Gasteiger partial charge in [-0.25, -0.2) is 0 Å². The van der Waals surface area contributed by atoms with Crippen LogP contribution in [0.3, 0.4) is 0 Å². The van der Waals surface area contributed by atoms with Gasteiger partial charge in [-0.05, 0) is 53.3 Å². The van der Waals surface area contributed by atoms with Gasteiger partial charge in [0.1, 0.15) is 11.4 Å². The molecule has 0 bridgehead atoms. The fraction of sp³-hybridized carbons (Fsp3) is 0.556. The highest BCUT2D eigenvalue weighted by molar-refractivity contribution is 5.46. The summed E-state index contributed by atoms with van der Waals surface area (Å²) in [5.74, 6) is 6.58. The van der Waals surface area contributed by atoms with Crippen LogP contribution < -0.4 is 4.74 Å². The first-order valence-electron chi connectivity index (χ1n) is 7.47. The number of ether oxygens (including phenoxy) is 1. The molecule has 0 aliphatic rings. The molecule has 0 radical (unpaired) electrons. The molecule has 3 heteroatoms. The number of hydrogen-bond acceptors (Lipinski definition) is 3. The summed E-state index contributed by atoms with van der Waals surface area (Å²) in [4.78, 5) is 2.29. The van der Waals surface area contributed by atoms with Gasteiger partial charge in [0, 0.05) is 12.6 Å². The van der Waals surface area contributed by atoms with Crippen molar-refractivity contribution >= 4 is 0 Å². The van der Waals surface area contributed by atoms with Crippen LogP contribution in [0.1, 0.15) is 39.7 Å². The van der Waals surface area contributed by atoms with Gasteiger partial charge in [-0.15, -0.1) is 0 Å². The molecule has 21 heavy (non-hydrogen) atoms. The second-order valence-corrected chi connectivity index (χ2v) is 6.08. The summed E-state index contributed by atoms with van der Waals surface area (Å²) in [5.41, 5.74) is -0.176. The Kier molecular flexibility index (Phi) is 6.74. The van der Waals surface area contributed by atoms with Crippen molar-refractivity contribution in [3.8, 4) is 17.6 Å². The molecule has 0 heterocycles. The minimum atomic E-state index is -0.993. The summed E-state index contributed by atoms with van der Waals surface area (Å²) < 4.78 is 5.82. The molecule has 1 aromatic rings. The van der Waals surface area contributed by atoms with Crippen LogP contribution in [0.15, 0.2) is 24.3 Å². The zero-order valence-corrected chi connectivity index (χ0v) is 13.8. The molecule has 0 unspecified atom stereocenters. The van der Waals surface area contributed by atoms with E-state index in [2.05, 4.69) is 37.6 Å². The first-order valence-corrected chi connectivity index (χ1v) is 7.47. The van der Waals surface area contributed by atoms with Gasteiger partial charge < -0.3 is 14.7 Å². The van der Waals surface area contributed by atoms with Crippen LogP contribution >= 0.6 is 0 Å². The standard InChI is InChI=1S/C18H27NO2/c1-15(2)19(5)13-8-14-21-17-10-7-6-9-16(17)11-12-18(3,4)20/h6-7,9-10,15,20H,8,13-14H2,1-5H3. The second-order valence-electron chi connectivity index (χ2n) is 6.08. The maximum atomic E-state index is 9.68. The first-order chi connectivity index (χ1) is 9.79. The molecule has 0 aromatic heterocycles. The molecule has 0 fully saturated rings. The van der Waals surface area contributed by atoms with Gasteiger partial charge in [-0.3, -0.25) is 0 Å². The van der Waals surface area contributed by atoms with Crippen LogP contribution in [0.25, 0.3) is 0 Å². The average Bonchev–Trinajstić information content (AvgIpc) is 2.41. The predicted molar refractivity (Wildman–Crippen MR) is 87.5 cm³/mol. The Morgan fingerprint density at radius 3 is 2.57 bits per heavy atom. The van der Waals surface area contributed by atoms with Crippen molar-refractivity contribution in [3.05, 3.63) is 29.8 Å². The molecule has 0 aliphatic heterocycles. The highest BCUT2D eigenvalue weighted by Gasteiger charge is 2.07. The number of hydrogen-bond donors (Lipinski definition) is 1. The summed E-state index contributed by atoms with van der Waals surface area (Å²) in [6.45, 7) is 9.38. The fourth-order valence-corrected chi connectivity index (χ4v) is 1.67. The molecule has 0 atom stereocenters. The van der Waals surface area contributed by atoms with Gasteiger partial charge in [-0.2, -0.15) is 0 Å². The number of nitrogens with zero attached hydrogens (tertiary/aromatic N) is 1. The minimum absolute atomic E-state index is 0.551. The van der Waals surface area contributed by atoms with Crippen molar-refractivity contribution < 1.29 is 9.84 Å². The summed E-state index contributed by atoms with van der Waals surface area (Å²) in [6.07, 6.45) is 0.974. The summed E-state index contributed by atoms with van der Waals surface area (Å²) >= 11 is 0. The minimum Gasteiger partial charge on any atom is -0.492 e. The lowest BCUT2D eigenvalue weighted by molar-refractivity contribution is 0.143. The third kappa shape index (κ3) is 7.17. The monoisotopic (exact) mass is 289 g/mol. The Bertz CT molecular complexity index is 492. The van der Waals surface area contributed by atoms with Crippen LogP contribution in [0.2, 0.25) is 0 Å². The Morgan fingerprint density at radius 2 is 1.95 bits per heavy atom. The van der Waals surface area contributed by atoms with E-state index in [1.165, 1.54) is 0 Å². The van der Waals surface area contributed by atoms with E-state index >= 15 is 0 Å². The van der Waals surface area contributed by atoms with Crippen molar-refractivity contribution in [2.45, 2.75) is 45.8 Å². The maximum absolute atomic E-state index is 9.68. The van der Waals surface area contributed by atoms with Gasteiger partial charge in [-0.1, -0.05) is 24.0 Å². The Hall–Kier alpha value is -1.50. The van der Waals surface area contributed by atoms with E-state index < -0.39 is 5.60 Å². The van der Waals surface area contributed by atoms with Crippen LogP contribution in [-0.4, -0.2) is 41.8 Å². The van der Waals surface area contributed by atoms with E-state index in [9.17, 15) is 5.11 Å². The average molecular weight is 289 g/mol. The molecule has 0 aliphatic carbocycles. The van der Waals surface area contributed by atoms with Crippen LogP contribution in [0.5, 0.6) is 5.75 Å². The Balaban J connectivity index is 2.57. The van der Waals surface area contributed by atoms with E-state index in [-0.39, 0.29) is 0 Å². The molecule has 1 N–H and O–H groups in total. The topological polar surface area (TPSA) is 32.7 Å². The van der Waals surface area contributed by atoms with Crippen molar-refractivity contribution in [2.24, 2.45) is 0 Å². The SMILES string of the molecule is CC(C)N(C)CCCOc1ccccc1C#CC(C)(C)O. The van der Waals surface area contributed by atoms with Crippen LogP contribution in [0.4, 0.5) is 0 Å². The molecule has 1 rings (SSSR count). The smallest absolute Gasteiger partial charge is 0.134 e. The molecular weight excluding hydrogens is 262 g/mol. The van der Waals surface area contributed by atoms with E-state index in [0.717, 1.165) is 24.3 Å². The lowest BCUT2D eigenvalue weighted by Crippen LogP contribution is -2.28. The Morgan fingerprint density at radius 1 is 1.29 bits per heavy atom. The lowest BCUT2D eigenvalue weighted by atomic mass is 10.1. The molecule has 0 saturated heterocycles. The normalized spacial score (nSPS) is 11.4. The summed E-state index contributed by atoms with van der Waals surface area (Å²) in [7, 11) is 2.12. The fourth-order valence-electron chi connectivity index (χ4n) is 1.67. The van der Waals surface area contributed by atoms with E-state index in [4.69, 9.17) is 4.74 Å². The summed E-state index contributed by atoms with van der Waals surface area (Å²) in [6, 6.07) is 8.24. The van der Waals surface area contributed by atoms with E-state index in [1.807, 2.05) is 24.3 Å². The van der Waals surface area contributed by atoms with Crippen molar-refractivity contribution in [3.63, 3.8) is 0 Å². The molecule has 0 amide bonds. The number of para-hydroxylation sites is 1. The number of aliphatic hydroxyl groups is 1. The van der Waals surface area contributed by atoms with Crippen molar-refractivity contribution in [1.82, 2.24) is 4.90 Å². The first kappa shape index (κ1) is 17.6. The van der Waals surface area contributed by atoms with Gasteiger partial charge in [0.15, 0.2) is 0 Å². The quantitative estimate of drug-likeness (QED) is 0.645. The highest BCUT2D eigenvalue weighted by atomic mass is 16.5. The van der Waals surface area contributed by atoms with E-state index in [0.29, 0.717) is 12.6 Å². The molecule has 0 saturated carbocycles. The third-order valence-electron chi connectivity index (χ3n) is 3.18. The number of rotatable bonds is 6. The number of benzene rings is 1.